The number of aromatic nitrogens is 4. The van der Waals surface area contributed by atoms with Gasteiger partial charge >= 0.3 is 0 Å². The van der Waals surface area contributed by atoms with Gasteiger partial charge in [-0.1, -0.05) is 17.7 Å². The number of carbonyl (C=O) groups is 1. The van der Waals surface area contributed by atoms with Crippen molar-refractivity contribution in [3.05, 3.63) is 46.2 Å². The van der Waals surface area contributed by atoms with Gasteiger partial charge in [0.25, 0.3) is 0 Å². The maximum atomic E-state index is 12.6. The van der Waals surface area contributed by atoms with Crippen LogP contribution in [0.5, 0.6) is 0 Å². The molecule has 7 nitrogen and oxygen atoms in total. The third kappa shape index (κ3) is 3.64. The number of nitrogens with one attached hydrogen (secondary N) is 1. The maximum absolute atomic E-state index is 12.6. The lowest BCUT2D eigenvalue weighted by Crippen LogP contribution is -2.62. The first kappa shape index (κ1) is 17.2. The van der Waals surface area contributed by atoms with E-state index >= 15 is 0 Å². The zero-order chi connectivity index (χ0) is 18.1. The smallest absolute Gasteiger partial charge is 0.246 e. The summed E-state index contributed by atoms with van der Waals surface area (Å²) in [6.07, 6.45) is 5.76. The van der Waals surface area contributed by atoms with Gasteiger partial charge in [0, 0.05) is 36.3 Å². The molecule has 3 fully saturated rings. The van der Waals surface area contributed by atoms with Crippen LogP contribution in [0.25, 0.3) is 6.08 Å². The van der Waals surface area contributed by atoms with Gasteiger partial charge < -0.3 is 10.2 Å². The summed E-state index contributed by atoms with van der Waals surface area (Å²) in [7, 11) is 0. The zero-order valence-electron chi connectivity index (χ0n) is 14.6. The van der Waals surface area contributed by atoms with Crippen molar-refractivity contribution >= 4 is 23.6 Å². The summed E-state index contributed by atoms with van der Waals surface area (Å²) in [6, 6.07) is 6.35. The molecule has 0 saturated carbocycles. The van der Waals surface area contributed by atoms with Gasteiger partial charge in [0.15, 0.2) is 5.82 Å². The highest BCUT2D eigenvalue weighted by Gasteiger charge is 2.35. The fourth-order valence-corrected chi connectivity index (χ4v) is 3.85. The SMILES string of the molecule is Cc1nnn(Cc2cc(Cl)ccc2/C=C/C(=O)N2CC3CCC2CN3)n1. The van der Waals surface area contributed by atoms with Gasteiger partial charge in [-0.05, 0) is 54.3 Å². The Morgan fingerprint density at radius 2 is 2.31 bits per heavy atom. The summed E-state index contributed by atoms with van der Waals surface area (Å²) in [5, 5.41) is 16.2. The van der Waals surface area contributed by atoms with E-state index in [0.717, 1.165) is 37.1 Å². The molecular formula is C18H21ClN6O. The average molecular weight is 373 g/mol. The molecule has 1 amide bonds. The number of aryl methyl sites for hydroxylation is 1. The first-order valence-electron chi connectivity index (χ1n) is 8.83. The summed E-state index contributed by atoms with van der Waals surface area (Å²) >= 11 is 6.14. The van der Waals surface area contributed by atoms with Crippen molar-refractivity contribution in [1.82, 2.24) is 30.4 Å². The summed E-state index contributed by atoms with van der Waals surface area (Å²) < 4.78 is 0. The topological polar surface area (TPSA) is 75.9 Å². The number of nitrogens with zero attached hydrogens (tertiary/aromatic N) is 5. The van der Waals surface area contributed by atoms with E-state index in [0.29, 0.717) is 29.5 Å². The fourth-order valence-electron chi connectivity index (χ4n) is 3.65. The second-order valence-electron chi connectivity index (χ2n) is 6.87. The van der Waals surface area contributed by atoms with Crippen LogP contribution in [0.1, 0.15) is 29.8 Å². The van der Waals surface area contributed by atoms with Gasteiger partial charge in [-0.15, -0.1) is 10.2 Å². The molecule has 1 aromatic carbocycles. The number of halogens is 1. The Labute approximate surface area is 157 Å². The molecule has 4 heterocycles. The molecule has 1 N–H and O–H groups in total. The largest absolute Gasteiger partial charge is 0.333 e. The second kappa shape index (κ2) is 7.17. The summed E-state index contributed by atoms with van der Waals surface area (Å²) in [6.45, 7) is 3.94. The van der Waals surface area contributed by atoms with Gasteiger partial charge in [0.05, 0.1) is 6.54 Å². The lowest BCUT2D eigenvalue weighted by molar-refractivity contribution is -0.131. The predicted molar refractivity (Wildman–Crippen MR) is 98.7 cm³/mol. The van der Waals surface area contributed by atoms with Crippen LogP contribution in [0.4, 0.5) is 0 Å². The number of piperidine rings is 2. The molecule has 0 radical (unpaired) electrons. The minimum Gasteiger partial charge on any atom is -0.333 e. The lowest BCUT2D eigenvalue weighted by Gasteiger charge is -2.45. The lowest BCUT2D eigenvalue weighted by atomic mass is 9.93. The normalized spacial score (nSPS) is 22.3. The number of amides is 1. The minimum absolute atomic E-state index is 0.0665. The summed E-state index contributed by atoms with van der Waals surface area (Å²) in [4.78, 5) is 16.2. The Balaban J connectivity index is 1.52. The Bertz CT molecular complexity index is 840. The first-order chi connectivity index (χ1) is 12.6. The number of benzene rings is 1. The van der Waals surface area contributed by atoms with Crippen LogP contribution < -0.4 is 5.32 Å². The van der Waals surface area contributed by atoms with Crippen LogP contribution in [0.3, 0.4) is 0 Å². The van der Waals surface area contributed by atoms with Crippen LogP contribution in [-0.2, 0) is 11.3 Å². The average Bonchev–Trinajstić information content (AvgIpc) is 3.06. The Morgan fingerprint density at radius 3 is 2.96 bits per heavy atom. The predicted octanol–water partition coefficient (Wildman–Crippen LogP) is 1.66. The number of hydrogen-bond acceptors (Lipinski definition) is 5. The molecule has 0 aliphatic carbocycles. The molecule has 1 aromatic heterocycles. The Morgan fingerprint density at radius 1 is 1.42 bits per heavy atom. The van der Waals surface area contributed by atoms with Gasteiger partial charge in [-0.25, -0.2) is 0 Å². The van der Waals surface area contributed by atoms with Gasteiger partial charge in [-0.2, -0.15) is 4.80 Å². The number of hydrogen-bond donors (Lipinski definition) is 1. The van der Waals surface area contributed by atoms with E-state index in [1.807, 2.05) is 29.2 Å². The fraction of sp³-hybridized carbons (Fsp3) is 0.444. The van der Waals surface area contributed by atoms with Crippen molar-refractivity contribution in [2.75, 3.05) is 13.1 Å². The minimum atomic E-state index is 0.0665. The first-order valence-corrected chi connectivity index (χ1v) is 9.21. The van der Waals surface area contributed by atoms with E-state index in [2.05, 4.69) is 20.7 Å². The van der Waals surface area contributed by atoms with Crippen LogP contribution in [0.2, 0.25) is 5.02 Å². The van der Waals surface area contributed by atoms with Gasteiger partial charge in [0.1, 0.15) is 0 Å². The van der Waals surface area contributed by atoms with Crippen LogP contribution in [-0.4, -0.2) is 56.2 Å². The molecule has 8 heteroatoms. The van der Waals surface area contributed by atoms with E-state index in [-0.39, 0.29) is 5.91 Å². The van der Waals surface area contributed by atoms with Gasteiger partial charge in [-0.3, -0.25) is 4.79 Å². The van der Waals surface area contributed by atoms with E-state index in [9.17, 15) is 4.79 Å². The molecule has 136 valence electrons. The third-order valence-corrected chi connectivity index (χ3v) is 5.24. The van der Waals surface area contributed by atoms with Crippen LogP contribution in [0, 0.1) is 6.92 Å². The van der Waals surface area contributed by atoms with Crippen molar-refractivity contribution in [2.24, 2.45) is 0 Å². The van der Waals surface area contributed by atoms with E-state index in [1.165, 1.54) is 4.80 Å². The van der Waals surface area contributed by atoms with E-state index < -0.39 is 0 Å². The molecule has 2 bridgehead atoms. The molecule has 0 spiro atoms. The number of piperazine rings is 1. The summed E-state index contributed by atoms with van der Waals surface area (Å²) in [5.74, 6) is 0.685. The Hall–Kier alpha value is -2.25. The van der Waals surface area contributed by atoms with Crippen LogP contribution >= 0.6 is 11.6 Å². The van der Waals surface area contributed by atoms with Gasteiger partial charge in [0.2, 0.25) is 5.91 Å². The van der Waals surface area contributed by atoms with Crippen molar-refractivity contribution in [3.8, 4) is 0 Å². The Kier molecular flexibility index (Phi) is 4.74. The van der Waals surface area contributed by atoms with E-state index in [1.54, 1.807) is 13.0 Å². The number of tetrazole rings is 1. The molecule has 2 atom stereocenters. The zero-order valence-corrected chi connectivity index (χ0v) is 15.4. The molecule has 2 aromatic rings. The molecule has 2 unspecified atom stereocenters. The highest BCUT2D eigenvalue weighted by atomic mass is 35.5. The van der Waals surface area contributed by atoms with Crippen LogP contribution in [0.15, 0.2) is 24.3 Å². The monoisotopic (exact) mass is 372 g/mol. The molecule has 3 aliphatic rings. The van der Waals surface area contributed by atoms with Crippen molar-refractivity contribution in [3.63, 3.8) is 0 Å². The molecule has 5 rings (SSSR count). The summed E-state index contributed by atoms with van der Waals surface area (Å²) in [5.41, 5.74) is 1.87. The molecular weight excluding hydrogens is 352 g/mol. The van der Waals surface area contributed by atoms with Crippen molar-refractivity contribution < 1.29 is 4.79 Å². The molecule has 3 saturated heterocycles. The molecule has 3 aliphatic heterocycles. The third-order valence-electron chi connectivity index (χ3n) is 5.01. The number of rotatable bonds is 4. The quantitative estimate of drug-likeness (QED) is 0.826. The van der Waals surface area contributed by atoms with E-state index in [4.69, 9.17) is 11.6 Å². The highest BCUT2D eigenvalue weighted by Crippen LogP contribution is 2.23. The highest BCUT2D eigenvalue weighted by molar-refractivity contribution is 6.30. The number of fused-ring (bicyclic) bond motifs is 3. The standard InChI is InChI=1S/C18H21ClN6O/c1-12-21-23-25(22-12)10-14-8-15(19)4-2-13(14)3-7-18(26)24-11-16-5-6-17(24)9-20-16/h2-4,7-8,16-17,20H,5-6,9-11H2,1H3/b7-3+. The van der Waals surface area contributed by atoms with Crippen molar-refractivity contribution in [2.45, 2.75) is 38.4 Å². The second-order valence-corrected chi connectivity index (χ2v) is 7.31. The van der Waals surface area contributed by atoms with Crippen molar-refractivity contribution in [1.29, 1.82) is 0 Å². The number of carbonyl (C=O) groups excluding carboxylic acids is 1. The molecule has 26 heavy (non-hydrogen) atoms. The maximum Gasteiger partial charge on any atom is 0.246 e.